The molecule has 0 radical (unpaired) electrons. The number of alkyl halides is 3. The van der Waals surface area contributed by atoms with E-state index in [9.17, 15) is 18.0 Å². The summed E-state index contributed by atoms with van der Waals surface area (Å²) in [5.74, 6) is -1.13. The molecule has 0 aliphatic heterocycles. The molecule has 3 nitrogen and oxygen atoms in total. The van der Waals surface area contributed by atoms with Crippen LogP contribution in [0.1, 0.15) is 31.4 Å². The zero-order chi connectivity index (χ0) is 16.0. The average Bonchev–Trinajstić information content (AvgIpc) is 2.35. The molecule has 0 unspecified atom stereocenters. The van der Waals surface area contributed by atoms with Crippen molar-refractivity contribution in [1.82, 2.24) is 0 Å². The van der Waals surface area contributed by atoms with Crippen molar-refractivity contribution >= 4 is 12.0 Å². The summed E-state index contributed by atoms with van der Waals surface area (Å²) in [4.78, 5) is 10.4. The fraction of sp³-hybridized carbons (Fsp3) is 0.400. The maximum Gasteiger partial charge on any atom is 0.419 e. The zero-order valence-electron chi connectivity index (χ0n) is 11.8. The molecular weight excluding hydrogens is 285 g/mol. The number of benzene rings is 1. The quantitative estimate of drug-likeness (QED) is 0.800. The molecule has 0 spiro atoms. The molecule has 1 aromatic rings. The third-order valence-electron chi connectivity index (χ3n) is 2.68. The molecule has 21 heavy (non-hydrogen) atoms. The molecule has 116 valence electrons. The molecule has 0 aliphatic rings. The molecule has 1 rings (SSSR count). The topological polar surface area (TPSA) is 46.5 Å². The fourth-order valence-electron chi connectivity index (χ4n) is 1.57. The lowest BCUT2D eigenvalue weighted by molar-refractivity contribution is -0.139. The Labute approximate surface area is 121 Å². The second-order valence-corrected chi connectivity index (χ2v) is 4.96. The lowest BCUT2D eigenvalue weighted by Crippen LogP contribution is -2.10. The number of halogens is 3. The third-order valence-corrected chi connectivity index (χ3v) is 2.68. The van der Waals surface area contributed by atoms with Crippen LogP contribution >= 0.6 is 0 Å². The Balaban J connectivity index is 3.00. The molecule has 0 heterocycles. The first kappa shape index (κ1) is 17.1. The van der Waals surface area contributed by atoms with E-state index >= 15 is 0 Å². The van der Waals surface area contributed by atoms with Gasteiger partial charge in [0.15, 0.2) is 0 Å². The Hall–Kier alpha value is -1.98. The van der Waals surface area contributed by atoms with Crippen LogP contribution in [0, 0.1) is 5.92 Å². The van der Waals surface area contributed by atoms with Gasteiger partial charge in [-0.15, -0.1) is 0 Å². The van der Waals surface area contributed by atoms with Gasteiger partial charge in [0, 0.05) is 6.08 Å². The van der Waals surface area contributed by atoms with E-state index < -0.39 is 17.7 Å². The highest BCUT2D eigenvalue weighted by Crippen LogP contribution is 2.37. The van der Waals surface area contributed by atoms with E-state index in [1.54, 1.807) is 0 Å². The number of carbonyl (C=O) groups is 1. The van der Waals surface area contributed by atoms with E-state index in [-0.39, 0.29) is 17.9 Å². The van der Waals surface area contributed by atoms with E-state index in [1.807, 2.05) is 13.8 Å². The van der Waals surface area contributed by atoms with Crippen LogP contribution in [-0.4, -0.2) is 17.7 Å². The van der Waals surface area contributed by atoms with Crippen LogP contribution in [0.5, 0.6) is 5.75 Å². The van der Waals surface area contributed by atoms with E-state index in [1.165, 1.54) is 12.1 Å². The van der Waals surface area contributed by atoms with Crippen molar-refractivity contribution in [1.29, 1.82) is 0 Å². The first-order valence-electron chi connectivity index (χ1n) is 6.45. The molecular formula is C15H17F3O3. The normalized spacial score (nSPS) is 12.1. The predicted molar refractivity (Wildman–Crippen MR) is 73.1 cm³/mol. The Kier molecular flexibility index (Phi) is 5.81. The number of carboxylic acids is 1. The number of rotatable bonds is 6. The van der Waals surface area contributed by atoms with Crippen molar-refractivity contribution in [3.8, 4) is 5.75 Å². The molecule has 0 amide bonds. The van der Waals surface area contributed by atoms with Crippen LogP contribution in [0.2, 0.25) is 0 Å². The number of aliphatic carboxylic acids is 1. The molecule has 0 bridgehead atoms. The van der Waals surface area contributed by atoms with Crippen molar-refractivity contribution in [2.24, 2.45) is 5.92 Å². The van der Waals surface area contributed by atoms with Gasteiger partial charge in [0.2, 0.25) is 0 Å². The summed E-state index contributed by atoms with van der Waals surface area (Å²) in [7, 11) is 0. The monoisotopic (exact) mass is 302 g/mol. The summed E-state index contributed by atoms with van der Waals surface area (Å²) in [6.45, 7) is 4.10. The van der Waals surface area contributed by atoms with Crippen molar-refractivity contribution in [3.63, 3.8) is 0 Å². The van der Waals surface area contributed by atoms with Gasteiger partial charge in [-0.05, 0) is 36.1 Å². The molecule has 0 saturated carbocycles. The van der Waals surface area contributed by atoms with Crippen molar-refractivity contribution in [3.05, 3.63) is 35.4 Å². The maximum atomic E-state index is 13.0. The average molecular weight is 302 g/mol. The third kappa shape index (κ3) is 5.89. The van der Waals surface area contributed by atoms with Gasteiger partial charge in [-0.3, -0.25) is 0 Å². The molecule has 1 N–H and O–H groups in total. The summed E-state index contributed by atoms with van der Waals surface area (Å²) >= 11 is 0. The summed E-state index contributed by atoms with van der Waals surface area (Å²) in [5, 5.41) is 8.49. The lowest BCUT2D eigenvalue weighted by Gasteiger charge is -2.15. The zero-order valence-corrected chi connectivity index (χ0v) is 11.8. The van der Waals surface area contributed by atoms with Gasteiger partial charge in [0.25, 0.3) is 0 Å². The van der Waals surface area contributed by atoms with Crippen LogP contribution in [0.15, 0.2) is 24.3 Å². The first-order chi connectivity index (χ1) is 9.70. The molecule has 0 fully saturated rings. The molecule has 0 atom stereocenters. The van der Waals surface area contributed by atoms with Gasteiger partial charge in [-0.1, -0.05) is 19.9 Å². The largest absolute Gasteiger partial charge is 0.493 e. The first-order valence-corrected chi connectivity index (χ1v) is 6.45. The minimum atomic E-state index is -4.56. The van der Waals surface area contributed by atoms with E-state index in [0.29, 0.717) is 12.3 Å². The lowest BCUT2D eigenvalue weighted by atomic mass is 10.1. The molecule has 1 aromatic carbocycles. The van der Waals surface area contributed by atoms with Crippen LogP contribution in [0.3, 0.4) is 0 Å². The van der Waals surface area contributed by atoms with Gasteiger partial charge in [0.1, 0.15) is 5.75 Å². The summed E-state index contributed by atoms with van der Waals surface area (Å²) < 4.78 is 44.2. The van der Waals surface area contributed by atoms with E-state index in [2.05, 4.69) is 0 Å². The number of hydrogen-bond acceptors (Lipinski definition) is 2. The van der Waals surface area contributed by atoms with Crippen LogP contribution in [0.25, 0.3) is 6.08 Å². The standard InChI is InChI=1S/C15H17F3O3/c1-10(2)7-8-21-13-5-3-11(4-6-14(19)20)9-12(13)15(16,17)18/h3-6,9-10H,7-8H2,1-2H3,(H,19,20)/b6-4+. The number of hydrogen-bond donors (Lipinski definition) is 1. The van der Waals surface area contributed by atoms with Gasteiger partial charge in [-0.2, -0.15) is 13.2 Å². The van der Waals surface area contributed by atoms with Gasteiger partial charge < -0.3 is 9.84 Å². The van der Waals surface area contributed by atoms with Gasteiger partial charge in [0.05, 0.1) is 12.2 Å². The Morgan fingerprint density at radius 3 is 2.57 bits per heavy atom. The summed E-state index contributed by atoms with van der Waals surface area (Å²) in [6, 6.07) is 3.48. The predicted octanol–water partition coefficient (Wildman–Crippen LogP) is 4.23. The van der Waals surface area contributed by atoms with Crippen molar-refractivity contribution in [2.45, 2.75) is 26.4 Å². The Morgan fingerprint density at radius 1 is 1.38 bits per heavy atom. The van der Waals surface area contributed by atoms with Gasteiger partial charge >= 0.3 is 12.1 Å². The highest BCUT2D eigenvalue weighted by molar-refractivity contribution is 5.85. The second-order valence-electron chi connectivity index (χ2n) is 4.96. The summed E-state index contributed by atoms with van der Waals surface area (Å²) in [5.41, 5.74) is -0.750. The maximum absolute atomic E-state index is 13.0. The molecule has 6 heteroatoms. The molecule has 0 aromatic heterocycles. The molecule has 0 saturated heterocycles. The highest BCUT2D eigenvalue weighted by Gasteiger charge is 2.34. The fourth-order valence-corrected chi connectivity index (χ4v) is 1.57. The minimum absolute atomic E-state index is 0.154. The molecule has 0 aliphatic carbocycles. The Bertz CT molecular complexity index is 519. The van der Waals surface area contributed by atoms with Crippen LogP contribution in [0.4, 0.5) is 13.2 Å². The van der Waals surface area contributed by atoms with Crippen molar-refractivity contribution < 1.29 is 27.8 Å². The smallest absolute Gasteiger partial charge is 0.419 e. The van der Waals surface area contributed by atoms with E-state index in [4.69, 9.17) is 9.84 Å². The number of ether oxygens (including phenoxy) is 1. The minimum Gasteiger partial charge on any atom is -0.493 e. The highest BCUT2D eigenvalue weighted by atomic mass is 19.4. The van der Waals surface area contributed by atoms with Crippen molar-refractivity contribution in [2.75, 3.05) is 6.61 Å². The Morgan fingerprint density at radius 2 is 2.05 bits per heavy atom. The second kappa shape index (κ2) is 7.15. The summed E-state index contributed by atoms with van der Waals surface area (Å²) in [6.07, 6.45) is -2.01. The van der Waals surface area contributed by atoms with Crippen LogP contribution < -0.4 is 4.74 Å². The number of carboxylic acid groups (broad SMARTS) is 1. The van der Waals surface area contributed by atoms with Crippen LogP contribution in [-0.2, 0) is 11.0 Å². The van der Waals surface area contributed by atoms with E-state index in [0.717, 1.165) is 18.2 Å². The SMILES string of the molecule is CC(C)CCOc1ccc(/C=C/C(=O)O)cc1C(F)(F)F. The van der Waals surface area contributed by atoms with Gasteiger partial charge in [-0.25, -0.2) is 4.79 Å².